The summed E-state index contributed by atoms with van der Waals surface area (Å²) in [6, 6.07) is 27.1. The SMILES string of the molecule is OC(CN1Cc2ccccc2-c2ccccc2C1)c1ccccc1. The minimum Gasteiger partial charge on any atom is -0.387 e. The highest BCUT2D eigenvalue weighted by molar-refractivity contribution is 5.71. The molecule has 3 aromatic carbocycles. The zero-order valence-corrected chi connectivity index (χ0v) is 13.6. The first-order valence-electron chi connectivity index (χ1n) is 8.43. The van der Waals surface area contributed by atoms with Crippen LogP contribution >= 0.6 is 0 Å². The summed E-state index contributed by atoms with van der Waals surface area (Å²) < 4.78 is 0. The summed E-state index contributed by atoms with van der Waals surface area (Å²) in [5.41, 5.74) is 6.24. The largest absolute Gasteiger partial charge is 0.387 e. The van der Waals surface area contributed by atoms with E-state index in [-0.39, 0.29) is 0 Å². The Morgan fingerprint density at radius 3 is 1.79 bits per heavy atom. The molecule has 1 N–H and O–H groups in total. The maximum absolute atomic E-state index is 10.6. The summed E-state index contributed by atoms with van der Waals surface area (Å²) in [6.45, 7) is 2.34. The standard InChI is InChI=1S/C22H21NO/c24-22(17-8-2-1-3-9-17)16-23-14-18-10-4-6-12-20(18)21-13-7-5-11-19(21)15-23/h1-13,22,24H,14-16H2. The molecule has 0 aromatic heterocycles. The van der Waals surface area contributed by atoms with Crippen molar-refractivity contribution in [3.8, 4) is 11.1 Å². The first-order chi connectivity index (χ1) is 11.8. The van der Waals surface area contributed by atoms with Crippen LogP contribution in [-0.4, -0.2) is 16.6 Å². The molecule has 0 saturated heterocycles. The topological polar surface area (TPSA) is 23.5 Å². The van der Waals surface area contributed by atoms with Gasteiger partial charge in [0.05, 0.1) is 6.10 Å². The lowest BCUT2D eigenvalue weighted by Crippen LogP contribution is -2.27. The summed E-state index contributed by atoms with van der Waals surface area (Å²) in [4.78, 5) is 2.34. The van der Waals surface area contributed by atoms with Gasteiger partial charge in [-0.2, -0.15) is 0 Å². The van der Waals surface area contributed by atoms with Gasteiger partial charge in [0.1, 0.15) is 0 Å². The molecule has 1 aliphatic heterocycles. The van der Waals surface area contributed by atoms with Crippen LogP contribution in [0, 0.1) is 0 Å². The van der Waals surface area contributed by atoms with Crippen LogP contribution in [0.2, 0.25) is 0 Å². The van der Waals surface area contributed by atoms with Crippen molar-refractivity contribution in [3.05, 3.63) is 95.6 Å². The van der Waals surface area contributed by atoms with Crippen molar-refractivity contribution in [2.45, 2.75) is 19.2 Å². The van der Waals surface area contributed by atoms with E-state index >= 15 is 0 Å². The van der Waals surface area contributed by atoms with Gasteiger partial charge in [-0.3, -0.25) is 4.90 Å². The van der Waals surface area contributed by atoms with Gasteiger partial charge in [0.2, 0.25) is 0 Å². The molecule has 2 heteroatoms. The third-order valence-corrected chi connectivity index (χ3v) is 4.73. The highest BCUT2D eigenvalue weighted by Gasteiger charge is 2.21. The first-order valence-corrected chi connectivity index (χ1v) is 8.43. The van der Waals surface area contributed by atoms with Crippen LogP contribution in [0.5, 0.6) is 0 Å². The van der Waals surface area contributed by atoms with Crippen molar-refractivity contribution in [2.24, 2.45) is 0 Å². The van der Waals surface area contributed by atoms with Gasteiger partial charge in [-0.25, -0.2) is 0 Å². The normalized spacial score (nSPS) is 15.2. The molecule has 1 atom stereocenters. The lowest BCUT2D eigenvalue weighted by Gasteiger charge is -2.24. The maximum atomic E-state index is 10.6. The van der Waals surface area contributed by atoms with Gasteiger partial charge in [0.25, 0.3) is 0 Å². The highest BCUT2D eigenvalue weighted by atomic mass is 16.3. The summed E-state index contributed by atoms with van der Waals surface area (Å²) in [5, 5.41) is 10.6. The fourth-order valence-electron chi connectivity index (χ4n) is 3.53. The number of hydrogen-bond acceptors (Lipinski definition) is 2. The molecule has 4 rings (SSSR count). The van der Waals surface area contributed by atoms with E-state index in [1.165, 1.54) is 22.3 Å². The van der Waals surface area contributed by atoms with E-state index in [1.54, 1.807) is 0 Å². The summed E-state index contributed by atoms with van der Waals surface area (Å²) in [6.07, 6.45) is -0.469. The van der Waals surface area contributed by atoms with E-state index in [9.17, 15) is 5.11 Å². The Balaban J connectivity index is 1.65. The molecule has 2 nitrogen and oxygen atoms in total. The Morgan fingerprint density at radius 2 is 1.21 bits per heavy atom. The van der Waals surface area contributed by atoms with Crippen molar-refractivity contribution in [3.63, 3.8) is 0 Å². The van der Waals surface area contributed by atoms with Crippen LogP contribution in [0.1, 0.15) is 22.8 Å². The molecule has 0 aliphatic carbocycles. The third-order valence-electron chi connectivity index (χ3n) is 4.73. The first kappa shape index (κ1) is 15.1. The Hall–Kier alpha value is -2.42. The summed E-state index contributed by atoms with van der Waals surface area (Å²) in [5.74, 6) is 0. The molecule has 0 spiro atoms. The van der Waals surface area contributed by atoms with E-state index < -0.39 is 6.10 Å². The van der Waals surface area contributed by atoms with E-state index in [0.29, 0.717) is 6.54 Å². The maximum Gasteiger partial charge on any atom is 0.0917 e. The Labute approximate surface area is 143 Å². The van der Waals surface area contributed by atoms with Crippen LogP contribution in [-0.2, 0) is 13.1 Å². The second-order valence-electron chi connectivity index (χ2n) is 6.41. The number of rotatable bonds is 3. The predicted molar refractivity (Wildman–Crippen MR) is 97.4 cm³/mol. The van der Waals surface area contributed by atoms with E-state index in [4.69, 9.17) is 0 Å². The van der Waals surface area contributed by atoms with E-state index in [1.807, 2.05) is 30.3 Å². The summed E-state index contributed by atoms with van der Waals surface area (Å²) >= 11 is 0. The molecule has 3 aromatic rings. The zero-order valence-electron chi connectivity index (χ0n) is 13.6. The zero-order chi connectivity index (χ0) is 16.4. The van der Waals surface area contributed by atoms with E-state index in [2.05, 4.69) is 53.4 Å². The molecule has 0 saturated carbocycles. The highest BCUT2D eigenvalue weighted by Crippen LogP contribution is 2.33. The van der Waals surface area contributed by atoms with Gasteiger partial charge in [0, 0.05) is 19.6 Å². The molecule has 0 radical (unpaired) electrons. The number of benzene rings is 3. The van der Waals surface area contributed by atoms with Crippen LogP contribution < -0.4 is 0 Å². The average Bonchev–Trinajstić information content (AvgIpc) is 2.78. The van der Waals surface area contributed by atoms with E-state index in [0.717, 1.165) is 18.7 Å². The lowest BCUT2D eigenvalue weighted by molar-refractivity contribution is 0.105. The van der Waals surface area contributed by atoms with Crippen molar-refractivity contribution < 1.29 is 5.11 Å². The molecule has 0 bridgehead atoms. The second-order valence-corrected chi connectivity index (χ2v) is 6.41. The summed E-state index contributed by atoms with van der Waals surface area (Å²) in [7, 11) is 0. The third kappa shape index (κ3) is 2.99. The number of β-amino-alcohol motifs (C(OH)–C–C–N with tert-alkyl or cyclic N) is 1. The minimum absolute atomic E-state index is 0.469. The molecular weight excluding hydrogens is 294 g/mol. The lowest BCUT2D eigenvalue weighted by atomic mass is 9.97. The van der Waals surface area contributed by atoms with Gasteiger partial charge < -0.3 is 5.11 Å². The monoisotopic (exact) mass is 315 g/mol. The number of aliphatic hydroxyl groups excluding tert-OH is 1. The number of nitrogens with zero attached hydrogens (tertiary/aromatic N) is 1. The van der Waals surface area contributed by atoms with Gasteiger partial charge in [-0.05, 0) is 27.8 Å². The van der Waals surface area contributed by atoms with Gasteiger partial charge in [0.15, 0.2) is 0 Å². The molecule has 1 unspecified atom stereocenters. The van der Waals surface area contributed by atoms with Crippen LogP contribution in [0.4, 0.5) is 0 Å². The van der Waals surface area contributed by atoms with Gasteiger partial charge in [-0.1, -0.05) is 78.9 Å². The minimum atomic E-state index is -0.469. The second kappa shape index (κ2) is 6.60. The fourth-order valence-corrected chi connectivity index (χ4v) is 3.53. The molecule has 0 amide bonds. The number of hydrogen-bond donors (Lipinski definition) is 1. The quantitative estimate of drug-likeness (QED) is 0.774. The smallest absolute Gasteiger partial charge is 0.0917 e. The molecule has 0 fully saturated rings. The average molecular weight is 315 g/mol. The van der Waals surface area contributed by atoms with Crippen LogP contribution in [0.15, 0.2) is 78.9 Å². The Kier molecular flexibility index (Phi) is 4.16. The van der Waals surface area contributed by atoms with Crippen molar-refractivity contribution >= 4 is 0 Å². The molecular formula is C22H21NO. The van der Waals surface area contributed by atoms with Crippen LogP contribution in [0.25, 0.3) is 11.1 Å². The predicted octanol–water partition coefficient (Wildman–Crippen LogP) is 4.40. The van der Waals surface area contributed by atoms with Gasteiger partial charge in [-0.15, -0.1) is 0 Å². The van der Waals surface area contributed by atoms with Gasteiger partial charge >= 0.3 is 0 Å². The number of fused-ring (bicyclic) bond motifs is 3. The van der Waals surface area contributed by atoms with Crippen molar-refractivity contribution in [2.75, 3.05) is 6.54 Å². The molecule has 1 aliphatic rings. The molecule has 24 heavy (non-hydrogen) atoms. The van der Waals surface area contributed by atoms with Crippen LogP contribution in [0.3, 0.4) is 0 Å². The van der Waals surface area contributed by atoms with Crippen molar-refractivity contribution in [1.82, 2.24) is 4.90 Å². The Bertz CT molecular complexity index is 781. The Morgan fingerprint density at radius 1 is 0.708 bits per heavy atom. The molecule has 120 valence electrons. The number of aliphatic hydroxyl groups is 1. The fraction of sp³-hybridized carbons (Fsp3) is 0.182. The van der Waals surface area contributed by atoms with Crippen molar-refractivity contribution in [1.29, 1.82) is 0 Å². The molecule has 1 heterocycles.